The molecule has 1 aromatic rings. The van der Waals surface area contributed by atoms with Crippen molar-refractivity contribution in [2.24, 2.45) is 0 Å². The van der Waals surface area contributed by atoms with Crippen LogP contribution in [-0.2, 0) is 4.74 Å². The first kappa shape index (κ1) is 15.5. The summed E-state index contributed by atoms with van der Waals surface area (Å²) >= 11 is 3.11. The summed E-state index contributed by atoms with van der Waals surface area (Å²) in [6, 6.07) is 4.64. The molecular weight excluding hydrogens is 311 g/mol. The molecule has 0 aliphatic carbocycles. The molecular formula is C12H15BrF3NO. The Morgan fingerprint density at radius 1 is 1.39 bits per heavy atom. The summed E-state index contributed by atoms with van der Waals surface area (Å²) in [5.74, 6) is -0.331. The van der Waals surface area contributed by atoms with Gasteiger partial charge in [-0.1, -0.05) is 6.07 Å². The zero-order valence-electron chi connectivity index (χ0n) is 9.93. The summed E-state index contributed by atoms with van der Waals surface area (Å²) in [4.78, 5) is 0. The highest BCUT2D eigenvalue weighted by Crippen LogP contribution is 2.23. The lowest BCUT2D eigenvalue weighted by Crippen LogP contribution is -2.19. The zero-order chi connectivity index (χ0) is 13.5. The second kappa shape index (κ2) is 7.76. The second-order valence-corrected chi connectivity index (χ2v) is 4.62. The van der Waals surface area contributed by atoms with Gasteiger partial charge in [0.25, 0.3) is 6.43 Å². The van der Waals surface area contributed by atoms with Gasteiger partial charge in [0, 0.05) is 12.6 Å². The van der Waals surface area contributed by atoms with Gasteiger partial charge in [0.05, 0.1) is 4.47 Å². The zero-order valence-corrected chi connectivity index (χ0v) is 11.5. The Kier molecular flexibility index (Phi) is 6.67. The van der Waals surface area contributed by atoms with Crippen LogP contribution in [0.25, 0.3) is 0 Å². The molecule has 0 fully saturated rings. The number of rotatable bonds is 7. The highest BCUT2D eigenvalue weighted by molar-refractivity contribution is 9.10. The van der Waals surface area contributed by atoms with Crippen LogP contribution in [0.15, 0.2) is 22.7 Å². The van der Waals surface area contributed by atoms with E-state index in [1.807, 2.05) is 0 Å². The number of hydrogen-bond donors (Lipinski definition) is 1. The van der Waals surface area contributed by atoms with E-state index in [2.05, 4.69) is 21.2 Å². The minimum Gasteiger partial charge on any atom is -0.375 e. The number of ether oxygens (including phenoxy) is 1. The lowest BCUT2D eigenvalue weighted by atomic mass is 10.0. The van der Waals surface area contributed by atoms with E-state index in [-0.39, 0.29) is 18.5 Å². The summed E-state index contributed by atoms with van der Waals surface area (Å²) in [6.45, 7) is -0.325. The van der Waals surface area contributed by atoms with E-state index >= 15 is 0 Å². The highest BCUT2D eigenvalue weighted by atomic mass is 79.9. The van der Waals surface area contributed by atoms with Gasteiger partial charge >= 0.3 is 0 Å². The van der Waals surface area contributed by atoms with Crippen molar-refractivity contribution in [3.8, 4) is 0 Å². The lowest BCUT2D eigenvalue weighted by Gasteiger charge is -2.17. The molecule has 18 heavy (non-hydrogen) atoms. The molecule has 102 valence electrons. The van der Waals surface area contributed by atoms with Gasteiger partial charge in [-0.3, -0.25) is 0 Å². The van der Waals surface area contributed by atoms with Crippen molar-refractivity contribution in [2.45, 2.75) is 18.9 Å². The Balaban J connectivity index is 2.52. The molecule has 0 amide bonds. The Hall–Kier alpha value is -0.590. The lowest BCUT2D eigenvalue weighted by molar-refractivity contribution is 0.0145. The maximum Gasteiger partial charge on any atom is 0.261 e. The van der Waals surface area contributed by atoms with Crippen LogP contribution in [0.1, 0.15) is 18.0 Å². The van der Waals surface area contributed by atoms with Crippen LogP contribution < -0.4 is 5.32 Å². The molecule has 0 aromatic heterocycles. The van der Waals surface area contributed by atoms with Crippen LogP contribution in [0.3, 0.4) is 0 Å². The van der Waals surface area contributed by atoms with Crippen molar-refractivity contribution >= 4 is 15.9 Å². The summed E-state index contributed by atoms with van der Waals surface area (Å²) < 4.78 is 42.0. The van der Waals surface area contributed by atoms with E-state index < -0.39 is 13.0 Å². The molecule has 0 spiro atoms. The first-order valence-corrected chi connectivity index (χ1v) is 6.32. The van der Waals surface area contributed by atoms with Crippen molar-refractivity contribution < 1.29 is 17.9 Å². The molecule has 1 rings (SSSR count). The molecule has 0 aliphatic rings. The predicted molar refractivity (Wildman–Crippen MR) is 67.3 cm³/mol. The van der Waals surface area contributed by atoms with E-state index in [1.54, 1.807) is 19.2 Å². The van der Waals surface area contributed by atoms with E-state index in [0.29, 0.717) is 10.9 Å². The van der Waals surface area contributed by atoms with Crippen LogP contribution in [-0.4, -0.2) is 26.7 Å². The van der Waals surface area contributed by atoms with Crippen molar-refractivity contribution in [1.82, 2.24) is 5.32 Å². The van der Waals surface area contributed by atoms with Gasteiger partial charge in [0.15, 0.2) is 0 Å². The van der Waals surface area contributed by atoms with E-state index in [4.69, 9.17) is 4.74 Å². The fourth-order valence-electron chi connectivity index (χ4n) is 1.58. The van der Waals surface area contributed by atoms with Gasteiger partial charge in [-0.2, -0.15) is 0 Å². The van der Waals surface area contributed by atoms with Crippen LogP contribution >= 0.6 is 15.9 Å². The molecule has 1 unspecified atom stereocenters. The minimum atomic E-state index is -2.45. The van der Waals surface area contributed by atoms with Gasteiger partial charge in [0.1, 0.15) is 12.4 Å². The third-order valence-corrected chi connectivity index (χ3v) is 3.10. The third-order valence-electron chi connectivity index (χ3n) is 2.49. The summed E-state index contributed by atoms with van der Waals surface area (Å²) in [7, 11) is 1.76. The predicted octanol–water partition coefficient (Wildman–Crippen LogP) is 3.52. The molecule has 6 heteroatoms. The molecule has 0 heterocycles. The Morgan fingerprint density at radius 2 is 2.11 bits per heavy atom. The maximum absolute atomic E-state index is 13.1. The highest BCUT2D eigenvalue weighted by Gasteiger charge is 2.11. The van der Waals surface area contributed by atoms with Crippen molar-refractivity contribution in [3.05, 3.63) is 34.1 Å². The summed E-state index contributed by atoms with van der Waals surface area (Å²) in [5, 5.41) is 3.04. The maximum atomic E-state index is 13.1. The van der Waals surface area contributed by atoms with Crippen LogP contribution in [0.5, 0.6) is 0 Å². The van der Waals surface area contributed by atoms with Crippen LogP contribution in [0, 0.1) is 5.82 Å². The summed E-state index contributed by atoms with van der Waals surface area (Å²) in [6.07, 6.45) is -1.90. The standard InChI is InChI=1S/C12H15BrF3NO/c1-17-11(4-5-18-7-12(15)16)8-2-3-10(14)9(13)6-8/h2-3,6,11-12,17H,4-5,7H2,1H3. The second-order valence-electron chi connectivity index (χ2n) is 3.77. The fraction of sp³-hybridized carbons (Fsp3) is 0.500. The average Bonchev–Trinajstić information content (AvgIpc) is 2.33. The molecule has 0 radical (unpaired) electrons. The quantitative estimate of drug-likeness (QED) is 0.774. The van der Waals surface area contributed by atoms with Crippen molar-refractivity contribution in [1.29, 1.82) is 0 Å². The average molecular weight is 326 g/mol. The first-order chi connectivity index (χ1) is 8.54. The third kappa shape index (κ3) is 4.96. The number of hydrogen-bond acceptors (Lipinski definition) is 2. The van der Waals surface area contributed by atoms with Gasteiger partial charge in [-0.15, -0.1) is 0 Å². The largest absolute Gasteiger partial charge is 0.375 e. The fourth-order valence-corrected chi connectivity index (χ4v) is 1.98. The van der Waals surface area contributed by atoms with Gasteiger partial charge < -0.3 is 10.1 Å². The minimum absolute atomic E-state index is 0.0560. The van der Waals surface area contributed by atoms with Gasteiger partial charge in [0.2, 0.25) is 0 Å². The van der Waals surface area contributed by atoms with E-state index in [9.17, 15) is 13.2 Å². The number of nitrogens with one attached hydrogen (secondary N) is 1. The number of benzene rings is 1. The smallest absolute Gasteiger partial charge is 0.261 e. The van der Waals surface area contributed by atoms with E-state index in [1.165, 1.54) is 6.07 Å². The monoisotopic (exact) mass is 325 g/mol. The Morgan fingerprint density at radius 3 is 2.67 bits per heavy atom. The van der Waals surface area contributed by atoms with Gasteiger partial charge in [-0.05, 0) is 47.1 Å². The molecule has 1 aromatic carbocycles. The molecule has 2 nitrogen and oxygen atoms in total. The molecule has 0 saturated heterocycles. The number of alkyl halides is 2. The normalized spacial score (nSPS) is 13.0. The SMILES string of the molecule is CNC(CCOCC(F)F)c1ccc(F)c(Br)c1. The van der Waals surface area contributed by atoms with Gasteiger partial charge in [-0.25, -0.2) is 13.2 Å². The van der Waals surface area contributed by atoms with Crippen molar-refractivity contribution in [2.75, 3.05) is 20.3 Å². The van der Waals surface area contributed by atoms with Crippen molar-refractivity contribution in [3.63, 3.8) is 0 Å². The molecule has 1 atom stereocenters. The Bertz CT molecular complexity index is 376. The molecule has 0 aliphatic heterocycles. The van der Waals surface area contributed by atoms with E-state index in [0.717, 1.165) is 5.56 Å². The van der Waals surface area contributed by atoms with Crippen LogP contribution in [0.2, 0.25) is 0 Å². The topological polar surface area (TPSA) is 21.3 Å². The summed E-state index contributed by atoms with van der Waals surface area (Å²) in [5.41, 5.74) is 0.881. The number of halogens is 4. The first-order valence-electron chi connectivity index (χ1n) is 5.52. The van der Waals surface area contributed by atoms with Crippen LogP contribution in [0.4, 0.5) is 13.2 Å². The molecule has 1 N–H and O–H groups in total. The molecule has 0 bridgehead atoms. The Labute approximate surface area is 113 Å². The molecule has 0 saturated carbocycles.